The molecule has 1 unspecified atom stereocenters. The second-order valence-corrected chi connectivity index (χ2v) is 5.64. The normalized spacial score (nSPS) is 14.8. The van der Waals surface area contributed by atoms with Crippen molar-refractivity contribution in [3.63, 3.8) is 0 Å². The van der Waals surface area contributed by atoms with Crippen molar-refractivity contribution in [2.24, 2.45) is 0 Å². The number of aliphatic hydroxyl groups is 1. The Morgan fingerprint density at radius 2 is 2.22 bits per heavy atom. The maximum atomic E-state index is 9.64. The van der Waals surface area contributed by atoms with Crippen molar-refractivity contribution in [3.05, 3.63) is 33.6 Å². The number of ether oxygens (including phenoxy) is 1. The van der Waals surface area contributed by atoms with Gasteiger partial charge in [-0.3, -0.25) is 0 Å². The Kier molecular flexibility index (Phi) is 2.84. The predicted octanol–water partition coefficient (Wildman–Crippen LogP) is 2.97. The number of rotatable bonds is 2. The molecule has 4 heteroatoms. The van der Waals surface area contributed by atoms with Crippen LogP contribution in [0.1, 0.15) is 28.5 Å². The van der Waals surface area contributed by atoms with Gasteiger partial charge in [-0.05, 0) is 37.5 Å². The molecule has 0 saturated heterocycles. The summed E-state index contributed by atoms with van der Waals surface area (Å²) in [6, 6.07) is 6.14. The molecule has 1 N–H and O–H groups in total. The molecular formula is C14H15NO2S. The molecule has 18 heavy (non-hydrogen) atoms. The van der Waals surface area contributed by atoms with Gasteiger partial charge in [0.25, 0.3) is 0 Å². The Labute approximate surface area is 110 Å². The Bertz CT molecular complexity index is 589. The molecule has 3 rings (SSSR count). The number of aryl methyl sites for hydroxylation is 2. The molecule has 0 fully saturated rings. The second-order valence-electron chi connectivity index (χ2n) is 4.52. The Morgan fingerprint density at radius 1 is 1.39 bits per heavy atom. The molecule has 3 nitrogen and oxygen atoms in total. The Morgan fingerprint density at radius 3 is 2.94 bits per heavy atom. The molecule has 0 radical (unpaired) electrons. The lowest BCUT2D eigenvalue weighted by Crippen LogP contribution is -2.02. The van der Waals surface area contributed by atoms with Crippen LogP contribution in [0.4, 0.5) is 0 Å². The van der Waals surface area contributed by atoms with E-state index < -0.39 is 6.10 Å². The van der Waals surface area contributed by atoms with Crippen LogP contribution in [0, 0.1) is 0 Å². The van der Waals surface area contributed by atoms with E-state index in [1.165, 1.54) is 10.4 Å². The van der Waals surface area contributed by atoms with Gasteiger partial charge in [0.05, 0.1) is 12.8 Å². The Balaban J connectivity index is 2.14. The molecule has 0 saturated carbocycles. The van der Waals surface area contributed by atoms with Crippen molar-refractivity contribution in [1.82, 2.24) is 4.98 Å². The van der Waals surface area contributed by atoms with Crippen molar-refractivity contribution in [1.29, 1.82) is 0 Å². The van der Waals surface area contributed by atoms with Crippen LogP contribution in [-0.4, -0.2) is 17.2 Å². The fourth-order valence-corrected chi connectivity index (χ4v) is 3.31. The fourth-order valence-electron chi connectivity index (χ4n) is 2.30. The summed E-state index contributed by atoms with van der Waals surface area (Å²) in [6.07, 6.45) is 1.56. The minimum absolute atomic E-state index is 0.491. The van der Waals surface area contributed by atoms with Gasteiger partial charge in [-0.1, -0.05) is 6.07 Å². The summed E-state index contributed by atoms with van der Waals surface area (Å²) in [5.41, 5.74) is 3.49. The van der Waals surface area contributed by atoms with E-state index in [0.717, 1.165) is 34.9 Å². The van der Waals surface area contributed by atoms with E-state index >= 15 is 0 Å². The number of nitrogens with zero attached hydrogens (tertiary/aromatic N) is 1. The number of benzene rings is 1. The highest BCUT2D eigenvalue weighted by Crippen LogP contribution is 2.39. The largest absolute Gasteiger partial charge is 0.497 e. The average molecular weight is 261 g/mol. The maximum absolute atomic E-state index is 9.64. The van der Waals surface area contributed by atoms with Crippen LogP contribution in [0.15, 0.2) is 18.2 Å². The molecule has 94 valence electrons. The summed E-state index contributed by atoms with van der Waals surface area (Å²) >= 11 is 1.62. The number of methoxy groups -OCH3 is 1. The summed E-state index contributed by atoms with van der Waals surface area (Å²) < 4.78 is 5.28. The van der Waals surface area contributed by atoms with Crippen molar-refractivity contribution >= 4 is 11.3 Å². The van der Waals surface area contributed by atoms with Gasteiger partial charge in [-0.2, -0.15) is 0 Å². The van der Waals surface area contributed by atoms with Gasteiger partial charge in [0, 0.05) is 10.4 Å². The van der Waals surface area contributed by atoms with E-state index in [-0.39, 0.29) is 0 Å². The van der Waals surface area contributed by atoms with Crippen molar-refractivity contribution in [2.45, 2.75) is 25.9 Å². The maximum Gasteiger partial charge on any atom is 0.122 e. The minimum Gasteiger partial charge on any atom is -0.497 e. The van der Waals surface area contributed by atoms with Crippen LogP contribution in [-0.2, 0) is 12.8 Å². The van der Waals surface area contributed by atoms with Crippen LogP contribution in [0.5, 0.6) is 5.75 Å². The molecule has 1 atom stereocenters. The first-order valence-electron chi connectivity index (χ1n) is 6.04. The molecule has 0 aliphatic heterocycles. The zero-order valence-corrected chi connectivity index (χ0v) is 11.3. The van der Waals surface area contributed by atoms with Gasteiger partial charge in [-0.15, -0.1) is 11.3 Å². The molecule has 0 spiro atoms. The summed E-state index contributed by atoms with van der Waals surface area (Å²) in [5.74, 6) is 0.855. The van der Waals surface area contributed by atoms with Gasteiger partial charge in [0.1, 0.15) is 16.9 Å². The molecule has 1 heterocycles. The van der Waals surface area contributed by atoms with Crippen molar-refractivity contribution in [3.8, 4) is 17.0 Å². The number of aromatic nitrogens is 1. The first-order chi connectivity index (χ1) is 8.69. The number of thiazole rings is 1. The lowest BCUT2D eigenvalue weighted by Gasteiger charge is -2.15. The van der Waals surface area contributed by atoms with Gasteiger partial charge < -0.3 is 9.84 Å². The second kappa shape index (κ2) is 4.37. The van der Waals surface area contributed by atoms with Crippen LogP contribution in [0.25, 0.3) is 11.3 Å². The van der Waals surface area contributed by atoms with Gasteiger partial charge in [0.2, 0.25) is 0 Å². The summed E-state index contributed by atoms with van der Waals surface area (Å²) in [7, 11) is 1.67. The highest BCUT2D eigenvalue weighted by Gasteiger charge is 2.22. The fraction of sp³-hybridized carbons (Fsp3) is 0.357. The summed E-state index contributed by atoms with van der Waals surface area (Å²) in [4.78, 5) is 5.85. The lowest BCUT2D eigenvalue weighted by atomic mass is 9.93. The van der Waals surface area contributed by atoms with Gasteiger partial charge >= 0.3 is 0 Å². The SMILES string of the molecule is COc1ccc2c(c1)-c1nc(C(C)O)sc1CC2. The monoisotopic (exact) mass is 261 g/mol. The topological polar surface area (TPSA) is 42.4 Å². The molecule has 2 aromatic rings. The zero-order chi connectivity index (χ0) is 12.7. The smallest absolute Gasteiger partial charge is 0.122 e. The standard InChI is InChI=1S/C14H15NO2S/c1-8(16)14-15-13-11-7-10(17-2)5-3-9(11)4-6-12(13)18-14/h3,5,7-8,16H,4,6H2,1-2H3. The molecule has 1 aliphatic carbocycles. The predicted molar refractivity (Wildman–Crippen MR) is 72.1 cm³/mol. The minimum atomic E-state index is -0.491. The van der Waals surface area contributed by atoms with Crippen molar-refractivity contribution < 1.29 is 9.84 Å². The Hall–Kier alpha value is -1.39. The number of aliphatic hydroxyl groups excluding tert-OH is 1. The molecule has 0 amide bonds. The average Bonchev–Trinajstić information content (AvgIpc) is 2.82. The summed E-state index contributed by atoms with van der Waals surface area (Å²) in [5, 5.41) is 10.4. The highest BCUT2D eigenvalue weighted by atomic mass is 32.1. The van der Waals surface area contributed by atoms with Crippen LogP contribution in [0.2, 0.25) is 0 Å². The van der Waals surface area contributed by atoms with E-state index in [4.69, 9.17) is 4.74 Å². The molecule has 1 aromatic heterocycles. The summed E-state index contributed by atoms with van der Waals surface area (Å²) in [6.45, 7) is 1.76. The molecule has 1 aromatic carbocycles. The van der Waals surface area contributed by atoms with E-state index in [9.17, 15) is 5.11 Å². The lowest BCUT2D eigenvalue weighted by molar-refractivity contribution is 0.199. The van der Waals surface area contributed by atoms with E-state index in [0.29, 0.717) is 0 Å². The highest BCUT2D eigenvalue weighted by molar-refractivity contribution is 7.12. The molecular weight excluding hydrogens is 246 g/mol. The van der Waals surface area contributed by atoms with Crippen molar-refractivity contribution in [2.75, 3.05) is 7.11 Å². The first-order valence-corrected chi connectivity index (χ1v) is 6.85. The third kappa shape index (κ3) is 1.82. The number of hydrogen-bond donors (Lipinski definition) is 1. The zero-order valence-electron chi connectivity index (χ0n) is 10.4. The quantitative estimate of drug-likeness (QED) is 0.903. The first kappa shape index (κ1) is 11.7. The molecule has 0 bridgehead atoms. The third-order valence-corrected chi connectivity index (χ3v) is 4.55. The number of fused-ring (bicyclic) bond motifs is 3. The van der Waals surface area contributed by atoms with Crippen LogP contribution < -0.4 is 4.74 Å². The molecule has 1 aliphatic rings. The van der Waals surface area contributed by atoms with Gasteiger partial charge in [-0.25, -0.2) is 4.98 Å². The number of hydrogen-bond acceptors (Lipinski definition) is 4. The van der Waals surface area contributed by atoms with E-state index in [1.54, 1.807) is 25.4 Å². The van der Waals surface area contributed by atoms with E-state index in [2.05, 4.69) is 11.1 Å². The van der Waals surface area contributed by atoms with Gasteiger partial charge in [0.15, 0.2) is 0 Å². The van der Waals surface area contributed by atoms with Crippen LogP contribution in [0.3, 0.4) is 0 Å². The van der Waals surface area contributed by atoms with Crippen LogP contribution >= 0.6 is 11.3 Å². The third-order valence-electron chi connectivity index (χ3n) is 3.26. The van der Waals surface area contributed by atoms with E-state index in [1.807, 2.05) is 12.1 Å².